The fourth-order valence-corrected chi connectivity index (χ4v) is 3.93. The van der Waals surface area contributed by atoms with Crippen molar-refractivity contribution in [3.05, 3.63) is 29.3 Å². The number of phenols is 1. The molecule has 0 heterocycles. The number of carbonyl (C=O) groups is 4. The van der Waals surface area contributed by atoms with E-state index in [1.165, 1.54) is 4.90 Å². The molecule has 4 amide bonds. The smallest absolute Gasteiger partial charge is 0.408 e. The lowest BCUT2D eigenvalue weighted by atomic mass is 9.98. The number of rotatable bonds is 15. The van der Waals surface area contributed by atoms with E-state index in [0.29, 0.717) is 18.5 Å². The fraction of sp³-hybridized carbons (Fsp3) is 0.643. The molecule has 0 radical (unpaired) electrons. The number of unbranched alkanes of at least 4 members (excludes halogenated alkanes) is 3. The minimum atomic E-state index is -1.17. The number of aryl methyl sites for hydroxylation is 1. The molecule has 38 heavy (non-hydrogen) atoms. The molecule has 0 bridgehead atoms. The second kappa shape index (κ2) is 15.8. The maximum absolute atomic E-state index is 14.0. The van der Waals surface area contributed by atoms with Gasteiger partial charge in [0.1, 0.15) is 23.4 Å². The molecule has 0 saturated carbocycles. The van der Waals surface area contributed by atoms with Crippen LogP contribution in [0.2, 0.25) is 0 Å². The van der Waals surface area contributed by atoms with E-state index >= 15 is 0 Å². The van der Waals surface area contributed by atoms with Gasteiger partial charge in [-0.25, -0.2) is 4.79 Å². The predicted molar refractivity (Wildman–Crippen MR) is 146 cm³/mol. The standard InChI is InChI=1S/C28H46N4O6/c1-7-9-11-18-32(26(36)21(15-16-22(29)33)31-27(37)38-28(4,5)6)23(25(35)30-17-10-8-2)20-14-12-13-19(3)24(20)34/h12-14,21,23,34H,7-11,15-18H2,1-6H3,(H2,29,33)(H,30,35)(H,31,37). The minimum Gasteiger partial charge on any atom is -0.507 e. The van der Waals surface area contributed by atoms with E-state index in [1.54, 1.807) is 45.9 Å². The third kappa shape index (κ3) is 11.0. The molecule has 0 aromatic heterocycles. The largest absolute Gasteiger partial charge is 0.507 e. The number of ether oxygens (including phenoxy) is 1. The van der Waals surface area contributed by atoms with Gasteiger partial charge in [-0.2, -0.15) is 0 Å². The summed E-state index contributed by atoms with van der Waals surface area (Å²) in [5.41, 5.74) is 5.39. The molecule has 0 saturated heterocycles. The van der Waals surface area contributed by atoms with Gasteiger partial charge in [-0.05, 0) is 52.5 Å². The molecule has 10 nitrogen and oxygen atoms in total. The number of para-hydroxylation sites is 1. The number of hydrogen-bond acceptors (Lipinski definition) is 6. The number of nitrogens with zero attached hydrogens (tertiary/aromatic N) is 1. The molecule has 1 rings (SSSR count). The van der Waals surface area contributed by atoms with E-state index in [9.17, 15) is 24.3 Å². The van der Waals surface area contributed by atoms with Crippen LogP contribution in [-0.4, -0.2) is 58.6 Å². The molecule has 0 aliphatic heterocycles. The third-order valence-electron chi connectivity index (χ3n) is 5.91. The number of hydrogen-bond donors (Lipinski definition) is 4. The van der Waals surface area contributed by atoms with Crippen molar-refractivity contribution in [2.24, 2.45) is 5.73 Å². The summed E-state index contributed by atoms with van der Waals surface area (Å²) >= 11 is 0. The van der Waals surface area contributed by atoms with Crippen molar-refractivity contribution < 1.29 is 29.0 Å². The lowest BCUT2D eigenvalue weighted by molar-refractivity contribution is -0.143. The van der Waals surface area contributed by atoms with Crippen LogP contribution in [0.15, 0.2) is 18.2 Å². The summed E-state index contributed by atoms with van der Waals surface area (Å²) in [6.45, 7) is 11.4. The van der Waals surface area contributed by atoms with Crippen molar-refractivity contribution in [1.29, 1.82) is 0 Å². The lowest BCUT2D eigenvalue weighted by Gasteiger charge is -2.35. The highest BCUT2D eigenvalue weighted by molar-refractivity contribution is 5.93. The Kier molecular flexibility index (Phi) is 13.6. The maximum atomic E-state index is 14.0. The van der Waals surface area contributed by atoms with E-state index in [1.807, 2.05) is 13.8 Å². The summed E-state index contributed by atoms with van der Waals surface area (Å²) in [6.07, 6.45) is 2.86. The second-order valence-corrected chi connectivity index (χ2v) is 10.5. The zero-order valence-electron chi connectivity index (χ0n) is 23.8. The van der Waals surface area contributed by atoms with Crippen LogP contribution in [0, 0.1) is 6.92 Å². The van der Waals surface area contributed by atoms with E-state index < -0.39 is 41.5 Å². The number of benzene rings is 1. The Morgan fingerprint density at radius 2 is 1.74 bits per heavy atom. The number of nitrogens with one attached hydrogen (secondary N) is 2. The molecule has 214 valence electrons. The molecule has 1 aromatic rings. The number of aromatic hydroxyl groups is 1. The number of amides is 4. The fourth-order valence-electron chi connectivity index (χ4n) is 3.93. The Bertz CT molecular complexity index is 944. The van der Waals surface area contributed by atoms with E-state index in [2.05, 4.69) is 10.6 Å². The van der Waals surface area contributed by atoms with Crippen molar-refractivity contribution in [3.63, 3.8) is 0 Å². The van der Waals surface area contributed by atoms with Crippen LogP contribution in [0.3, 0.4) is 0 Å². The first-order valence-corrected chi connectivity index (χ1v) is 13.5. The Hall–Kier alpha value is -3.30. The molecular weight excluding hydrogens is 488 g/mol. The van der Waals surface area contributed by atoms with Crippen LogP contribution in [0.5, 0.6) is 5.75 Å². The second-order valence-electron chi connectivity index (χ2n) is 10.5. The van der Waals surface area contributed by atoms with Gasteiger partial charge in [0.25, 0.3) is 0 Å². The first kappa shape index (κ1) is 32.7. The Labute approximate surface area is 226 Å². The first-order chi connectivity index (χ1) is 17.8. The van der Waals surface area contributed by atoms with Crippen LogP contribution in [0.4, 0.5) is 4.79 Å². The summed E-state index contributed by atoms with van der Waals surface area (Å²) < 4.78 is 5.34. The number of phenolic OH excluding ortho intramolecular Hbond substituents is 1. The molecule has 0 aliphatic rings. The highest BCUT2D eigenvalue weighted by Crippen LogP contribution is 2.32. The van der Waals surface area contributed by atoms with Crippen molar-refractivity contribution in [2.45, 2.75) is 104 Å². The van der Waals surface area contributed by atoms with Gasteiger partial charge >= 0.3 is 6.09 Å². The van der Waals surface area contributed by atoms with Gasteiger partial charge in [-0.1, -0.05) is 51.3 Å². The first-order valence-electron chi connectivity index (χ1n) is 13.5. The summed E-state index contributed by atoms with van der Waals surface area (Å²) in [5, 5.41) is 16.4. The summed E-state index contributed by atoms with van der Waals surface area (Å²) in [4.78, 5) is 53.2. The van der Waals surface area contributed by atoms with Gasteiger partial charge in [-0.3, -0.25) is 14.4 Å². The third-order valence-corrected chi connectivity index (χ3v) is 5.91. The molecule has 0 spiro atoms. The van der Waals surface area contributed by atoms with E-state index in [-0.39, 0.29) is 30.7 Å². The molecule has 2 unspecified atom stereocenters. The normalized spacial score (nSPS) is 12.8. The number of carbonyl (C=O) groups excluding carboxylic acids is 4. The van der Waals surface area contributed by atoms with Crippen molar-refractivity contribution in [2.75, 3.05) is 13.1 Å². The van der Waals surface area contributed by atoms with Crippen LogP contribution in [0.25, 0.3) is 0 Å². The van der Waals surface area contributed by atoms with Gasteiger partial charge in [-0.15, -0.1) is 0 Å². The quantitative estimate of drug-likeness (QED) is 0.251. The Morgan fingerprint density at radius 1 is 1.08 bits per heavy atom. The van der Waals surface area contributed by atoms with Crippen molar-refractivity contribution in [3.8, 4) is 5.75 Å². The van der Waals surface area contributed by atoms with Crippen LogP contribution in [0.1, 0.15) is 96.7 Å². The molecule has 1 aromatic carbocycles. The Balaban J connectivity index is 3.54. The number of alkyl carbamates (subject to hydrolysis) is 1. The van der Waals surface area contributed by atoms with Gasteiger partial charge in [0, 0.05) is 25.1 Å². The SMILES string of the molecule is CCCCCN(C(=O)C(CCC(N)=O)NC(=O)OC(C)(C)C)C(C(=O)NCCCC)c1cccc(C)c1O. The molecule has 5 N–H and O–H groups in total. The molecule has 0 fully saturated rings. The summed E-state index contributed by atoms with van der Waals surface area (Å²) in [7, 11) is 0. The van der Waals surface area contributed by atoms with Gasteiger partial charge in [0.2, 0.25) is 17.7 Å². The Morgan fingerprint density at radius 3 is 2.32 bits per heavy atom. The maximum Gasteiger partial charge on any atom is 0.408 e. The summed E-state index contributed by atoms with van der Waals surface area (Å²) in [5.74, 6) is -1.71. The molecule has 0 aliphatic carbocycles. The zero-order valence-corrected chi connectivity index (χ0v) is 23.8. The molecule has 2 atom stereocenters. The minimum absolute atomic E-state index is 0.0678. The highest BCUT2D eigenvalue weighted by atomic mass is 16.6. The van der Waals surface area contributed by atoms with Gasteiger partial charge < -0.3 is 31.1 Å². The summed E-state index contributed by atoms with van der Waals surface area (Å²) in [6, 6.07) is 2.74. The van der Waals surface area contributed by atoms with Crippen molar-refractivity contribution >= 4 is 23.8 Å². The lowest BCUT2D eigenvalue weighted by Crippen LogP contribution is -2.53. The average molecular weight is 535 g/mol. The topological polar surface area (TPSA) is 151 Å². The molecular formula is C28H46N4O6. The number of nitrogens with two attached hydrogens (primary N) is 1. The van der Waals surface area contributed by atoms with Crippen molar-refractivity contribution in [1.82, 2.24) is 15.5 Å². The predicted octanol–water partition coefficient (Wildman–Crippen LogP) is 3.84. The van der Waals surface area contributed by atoms with E-state index in [0.717, 1.165) is 25.7 Å². The van der Waals surface area contributed by atoms with Gasteiger partial charge in [0.05, 0.1) is 0 Å². The van der Waals surface area contributed by atoms with E-state index in [4.69, 9.17) is 10.5 Å². The van der Waals surface area contributed by atoms with Crippen LogP contribution >= 0.6 is 0 Å². The van der Waals surface area contributed by atoms with Crippen LogP contribution in [-0.2, 0) is 19.1 Å². The van der Waals surface area contributed by atoms with Gasteiger partial charge in [0.15, 0.2) is 0 Å². The van der Waals surface area contributed by atoms with Crippen LogP contribution < -0.4 is 16.4 Å². The molecule has 10 heteroatoms. The monoisotopic (exact) mass is 534 g/mol. The highest BCUT2D eigenvalue weighted by Gasteiger charge is 2.37. The zero-order chi connectivity index (χ0) is 28.9. The average Bonchev–Trinajstić information content (AvgIpc) is 2.82. The number of primary amides is 1.